The van der Waals surface area contributed by atoms with E-state index in [0.29, 0.717) is 12.1 Å². The molecule has 1 amide bonds. The topological polar surface area (TPSA) is 58.3 Å². The minimum Gasteiger partial charge on any atom is -0.497 e. The maximum Gasteiger partial charge on any atom is 0.256 e. The second-order valence-electron chi connectivity index (χ2n) is 6.62. The van der Waals surface area contributed by atoms with Crippen LogP contribution in [-0.4, -0.2) is 29.0 Å². The fourth-order valence-corrected chi connectivity index (χ4v) is 3.37. The first-order valence-corrected chi connectivity index (χ1v) is 9.08. The van der Waals surface area contributed by atoms with Crippen LogP contribution in [0.1, 0.15) is 27.3 Å². The lowest BCUT2D eigenvalue weighted by Gasteiger charge is -2.20. The molecule has 0 aliphatic heterocycles. The predicted molar refractivity (Wildman–Crippen MR) is 109 cm³/mol. The Hall–Kier alpha value is -3.52. The molecule has 2 aromatic carbocycles. The van der Waals surface area contributed by atoms with Crippen LogP contribution in [0, 0.1) is 25.2 Å². The normalized spacial score (nSPS) is 10.4. The highest BCUT2D eigenvalue weighted by Gasteiger charge is 2.22. The van der Waals surface area contributed by atoms with Gasteiger partial charge in [0.1, 0.15) is 12.3 Å². The van der Waals surface area contributed by atoms with Gasteiger partial charge in [-0.05, 0) is 49.7 Å². The number of benzene rings is 2. The van der Waals surface area contributed by atoms with Gasteiger partial charge in [0.25, 0.3) is 5.91 Å². The summed E-state index contributed by atoms with van der Waals surface area (Å²) in [7, 11) is 1.63. The number of rotatable bonds is 6. The molecule has 0 unspecified atom stereocenters. The predicted octanol–water partition coefficient (Wildman–Crippen LogP) is 4.27. The second kappa shape index (κ2) is 8.45. The van der Waals surface area contributed by atoms with E-state index < -0.39 is 0 Å². The van der Waals surface area contributed by atoms with Crippen LogP contribution >= 0.6 is 0 Å². The number of aromatic nitrogens is 1. The number of nitrogens with zero attached hydrogens (tertiary/aromatic N) is 3. The number of hydrogen-bond donors (Lipinski definition) is 0. The van der Waals surface area contributed by atoms with E-state index in [1.165, 1.54) is 0 Å². The van der Waals surface area contributed by atoms with Gasteiger partial charge in [-0.15, -0.1) is 0 Å². The Balaban J connectivity index is 1.93. The molecule has 3 rings (SSSR count). The summed E-state index contributed by atoms with van der Waals surface area (Å²) in [6.45, 7) is 4.34. The molecule has 0 saturated carbocycles. The number of carbonyl (C=O) groups excluding carboxylic acids is 1. The van der Waals surface area contributed by atoms with E-state index in [1.54, 1.807) is 12.0 Å². The van der Waals surface area contributed by atoms with Gasteiger partial charge in [-0.2, -0.15) is 5.26 Å². The van der Waals surface area contributed by atoms with Crippen molar-refractivity contribution in [1.29, 1.82) is 5.26 Å². The summed E-state index contributed by atoms with van der Waals surface area (Å²) in [5, 5.41) is 9.21. The van der Waals surface area contributed by atoms with Crippen LogP contribution in [0.15, 0.2) is 60.7 Å². The van der Waals surface area contributed by atoms with Crippen molar-refractivity contribution in [3.8, 4) is 17.5 Å². The summed E-state index contributed by atoms with van der Waals surface area (Å²) >= 11 is 0. The Morgan fingerprint density at radius 1 is 1.11 bits per heavy atom. The van der Waals surface area contributed by atoms with Crippen LogP contribution in [0.25, 0.3) is 5.69 Å². The molecule has 3 aromatic rings. The molecule has 1 aromatic heterocycles. The molecule has 0 radical (unpaired) electrons. The van der Waals surface area contributed by atoms with Gasteiger partial charge in [0, 0.05) is 23.6 Å². The fraction of sp³-hybridized carbons (Fsp3) is 0.217. The summed E-state index contributed by atoms with van der Waals surface area (Å²) in [6, 6.07) is 21.4. The Kier molecular flexibility index (Phi) is 5.81. The number of nitriles is 1. The lowest BCUT2D eigenvalue weighted by molar-refractivity contribution is 0.0764. The minimum atomic E-state index is -0.140. The smallest absolute Gasteiger partial charge is 0.256 e. The van der Waals surface area contributed by atoms with Crippen molar-refractivity contribution >= 4 is 5.91 Å². The molecule has 0 aliphatic rings. The number of hydrogen-bond acceptors (Lipinski definition) is 3. The first kappa shape index (κ1) is 19.2. The summed E-state index contributed by atoms with van der Waals surface area (Å²) < 4.78 is 7.26. The van der Waals surface area contributed by atoms with E-state index in [9.17, 15) is 10.1 Å². The van der Waals surface area contributed by atoms with Gasteiger partial charge in [0.2, 0.25) is 0 Å². The average Bonchev–Trinajstić information content (AvgIpc) is 3.02. The largest absolute Gasteiger partial charge is 0.497 e. The quantitative estimate of drug-likeness (QED) is 0.606. The molecule has 0 N–H and O–H groups in total. The van der Waals surface area contributed by atoms with Crippen molar-refractivity contribution in [2.45, 2.75) is 20.4 Å². The Morgan fingerprint density at radius 2 is 1.79 bits per heavy atom. The van der Waals surface area contributed by atoms with Gasteiger partial charge < -0.3 is 14.2 Å². The van der Waals surface area contributed by atoms with Crippen molar-refractivity contribution < 1.29 is 9.53 Å². The van der Waals surface area contributed by atoms with Gasteiger partial charge in [-0.25, -0.2) is 0 Å². The second-order valence-corrected chi connectivity index (χ2v) is 6.62. The van der Waals surface area contributed by atoms with E-state index >= 15 is 0 Å². The zero-order chi connectivity index (χ0) is 20.1. The molecule has 0 spiro atoms. The van der Waals surface area contributed by atoms with Crippen LogP contribution in [0.4, 0.5) is 0 Å². The molecule has 5 nitrogen and oxygen atoms in total. The fourth-order valence-electron chi connectivity index (χ4n) is 3.37. The van der Waals surface area contributed by atoms with Crippen LogP contribution in [0.2, 0.25) is 0 Å². The Labute approximate surface area is 165 Å². The van der Waals surface area contributed by atoms with E-state index in [4.69, 9.17) is 4.74 Å². The lowest BCUT2D eigenvalue weighted by Crippen LogP contribution is -2.31. The van der Waals surface area contributed by atoms with Gasteiger partial charge in [0.05, 0.1) is 18.7 Å². The highest BCUT2D eigenvalue weighted by atomic mass is 16.5. The highest BCUT2D eigenvalue weighted by Crippen LogP contribution is 2.24. The first-order chi connectivity index (χ1) is 13.5. The number of carbonyl (C=O) groups is 1. The Morgan fingerprint density at radius 3 is 2.39 bits per heavy atom. The third-order valence-electron chi connectivity index (χ3n) is 4.76. The SMILES string of the molecule is COc1ccc(-n2c(C)cc(C(=O)N(CC#N)Cc3ccccc3)c2C)cc1. The number of amides is 1. The maximum atomic E-state index is 13.2. The van der Waals surface area contributed by atoms with Crippen LogP contribution < -0.4 is 4.74 Å². The third-order valence-corrected chi connectivity index (χ3v) is 4.76. The first-order valence-electron chi connectivity index (χ1n) is 9.08. The molecular weight excluding hydrogens is 350 g/mol. The van der Waals surface area contributed by atoms with Crippen molar-refractivity contribution in [2.24, 2.45) is 0 Å². The molecule has 0 fully saturated rings. The summed E-state index contributed by atoms with van der Waals surface area (Å²) in [6.07, 6.45) is 0. The lowest BCUT2D eigenvalue weighted by atomic mass is 10.1. The van der Waals surface area contributed by atoms with Gasteiger partial charge >= 0.3 is 0 Å². The van der Waals surface area contributed by atoms with Crippen molar-refractivity contribution in [3.05, 3.63) is 83.2 Å². The maximum absolute atomic E-state index is 13.2. The number of methoxy groups -OCH3 is 1. The zero-order valence-corrected chi connectivity index (χ0v) is 16.3. The third kappa shape index (κ3) is 3.91. The van der Waals surface area contributed by atoms with E-state index in [0.717, 1.165) is 28.4 Å². The summed E-state index contributed by atoms with van der Waals surface area (Å²) in [5.74, 6) is 0.642. The van der Waals surface area contributed by atoms with Crippen LogP contribution in [0.5, 0.6) is 5.75 Å². The van der Waals surface area contributed by atoms with Gasteiger partial charge in [0.15, 0.2) is 0 Å². The molecule has 0 aliphatic carbocycles. The Bertz CT molecular complexity index is 999. The zero-order valence-electron chi connectivity index (χ0n) is 16.3. The highest BCUT2D eigenvalue weighted by molar-refractivity contribution is 5.96. The van der Waals surface area contributed by atoms with Crippen molar-refractivity contribution in [2.75, 3.05) is 13.7 Å². The monoisotopic (exact) mass is 373 g/mol. The van der Waals surface area contributed by atoms with Crippen LogP contribution in [-0.2, 0) is 6.54 Å². The molecule has 0 atom stereocenters. The van der Waals surface area contributed by atoms with Gasteiger partial charge in [-0.3, -0.25) is 4.79 Å². The average molecular weight is 373 g/mol. The van der Waals surface area contributed by atoms with Crippen LogP contribution in [0.3, 0.4) is 0 Å². The molecule has 28 heavy (non-hydrogen) atoms. The van der Waals surface area contributed by atoms with E-state index in [-0.39, 0.29) is 12.5 Å². The standard InChI is InChI=1S/C23H23N3O2/c1-17-15-22(18(2)26(17)20-9-11-21(28-3)12-10-20)23(27)25(14-13-24)16-19-7-5-4-6-8-19/h4-12,15H,14,16H2,1-3H3. The van der Waals surface area contributed by atoms with E-state index in [2.05, 4.69) is 6.07 Å². The molecule has 0 saturated heterocycles. The molecule has 5 heteroatoms. The minimum absolute atomic E-state index is 0.0416. The molecular formula is C23H23N3O2. The summed E-state index contributed by atoms with van der Waals surface area (Å²) in [5.41, 5.74) is 4.38. The van der Waals surface area contributed by atoms with Crippen molar-refractivity contribution in [3.63, 3.8) is 0 Å². The van der Waals surface area contributed by atoms with E-state index in [1.807, 2.05) is 79.1 Å². The molecule has 1 heterocycles. The van der Waals surface area contributed by atoms with Gasteiger partial charge in [-0.1, -0.05) is 30.3 Å². The summed E-state index contributed by atoms with van der Waals surface area (Å²) in [4.78, 5) is 14.8. The molecule has 0 bridgehead atoms. The number of aryl methyl sites for hydroxylation is 1. The number of ether oxygens (including phenoxy) is 1. The molecule has 142 valence electrons. The van der Waals surface area contributed by atoms with Crippen molar-refractivity contribution in [1.82, 2.24) is 9.47 Å².